The summed E-state index contributed by atoms with van der Waals surface area (Å²) in [4.78, 5) is 11.6. The lowest BCUT2D eigenvalue weighted by atomic mass is 10.1. The third kappa shape index (κ3) is 4.25. The van der Waals surface area contributed by atoms with Crippen LogP contribution in [0, 0.1) is 5.92 Å². The summed E-state index contributed by atoms with van der Waals surface area (Å²) in [6, 6.07) is 0.430. The van der Waals surface area contributed by atoms with Gasteiger partial charge < -0.3 is 14.8 Å². The lowest BCUT2D eigenvalue weighted by Crippen LogP contribution is -2.39. The van der Waals surface area contributed by atoms with Gasteiger partial charge in [-0.2, -0.15) is 0 Å². The summed E-state index contributed by atoms with van der Waals surface area (Å²) in [5, 5.41) is 3.44. The summed E-state index contributed by atoms with van der Waals surface area (Å²) in [6.07, 6.45) is 4.48. The highest BCUT2D eigenvalue weighted by atomic mass is 16.6. The van der Waals surface area contributed by atoms with E-state index in [9.17, 15) is 4.79 Å². The van der Waals surface area contributed by atoms with Crippen molar-refractivity contribution in [1.29, 1.82) is 0 Å². The van der Waals surface area contributed by atoms with E-state index in [-0.39, 0.29) is 11.6 Å². The largest absolute Gasteiger partial charge is 0.460 e. The summed E-state index contributed by atoms with van der Waals surface area (Å²) in [7, 11) is 0. The average Bonchev–Trinajstić information content (AvgIpc) is 2.97. The summed E-state index contributed by atoms with van der Waals surface area (Å²) < 4.78 is 11.0. The molecule has 2 rings (SSSR count). The molecule has 0 radical (unpaired) electrons. The number of nitrogens with one attached hydrogen (secondary N) is 1. The molecule has 1 saturated carbocycles. The van der Waals surface area contributed by atoms with E-state index < -0.39 is 0 Å². The Balaban J connectivity index is 1.64. The molecule has 0 amide bonds. The molecule has 2 fully saturated rings. The minimum absolute atomic E-state index is 0.128. The van der Waals surface area contributed by atoms with Gasteiger partial charge in [-0.25, -0.2) is 0 Å². The van der Waals surface area contributed by atoms with Crippen LogP contribution in [0.4, 0.5) is 0 Å². The Morgan fingerprint density at radius 1 is 1.33 bits per heavy atom. The van der Waals surface area contributed by atoms with E-state index in [4.69, 9.17) is 9.47 Å². The SMILES string of the molecule is CC(C)(C)OC(=O)CCNC1CCOC1C1CC1. The van der Waals surface area contributed by atoms with E-state index in [2.05, 4.69) is 5.32 Å². The molecular formula is C14H25NO3. The molecule has 0 aromatic rings. The number of carbonyl (C=O) groups is 1. The Hall–Kier alpha value is -0.610. The van der Waals surface area contributed by atoms with Gasteiger partial charge in [0.15, 0.2) is 0 Å². The summed E-state index contributed by atoms with van der Waals surface area (Å²) >= 11 is 0. The van der Waals surface area contributed by atoms with Crippen LogP contribution < -0.4 is 5.32 Å². The fourth-order valence-electron chi connectivity index (χ4n) is 2.47. The van der Waals surface area contributed by atoms with Crippen LogP contribution in [0.15, 0.2) is 0 Å². The number of esters is 1. The maximum Gasteiger partial charge on any atom is 0.307 e. The fourth-order valence-corrected chi connectivity index (χ4v) is 2.47. The third-order valence-electron chi connectivity index (χ3n) is 3.38. The standard InChI is InChI=1S/C14H25NO3/c1-14(2,3)18-12(16)6-8-15-11-7-9-17-13(11)10-4-5-10/h10-11,13,15H,4-9H2,1-3H3. The third-order valence-corrected chi connectivity index (χ3v) is 3.38. The zero-order chi connectivity index (χ0) is 13.2. The van der Waals surface area contributed by atoms with Crippen molar-refractivity contribution in [1.82, 2.24) is 5.32 Å². The van der Waals surface area contributed by atoms with Gasteiger partial charge in [-0.3, -0.25) is 4.79 Å². The maximum absolute atomic E-state index is 11.6. The van der Waals surface area contributed by atoms with Gasteiger partial charge in [-0.15, -0.1) is 0 Å². The minimum atomic E-state index is -0.385. The van der Waals surface area contributed by atoms with E-state index in [1.54, 1.807) is 0 Å². The van der Waals surface area contributed by atoms with Gasteiger partial charge in [0.25, 0.3) is 0 Å². The molecule has 0 aromatic heterocycles. The lowest BCUT2D eigenvalue weighted by molar-refractivity contribution is -0.154. The van der Waals surface area contributed by atoms with Gasteiger partial charge in [0.1, 0.15) is 5.60 Å². The Labute approximate surface area is 109 Å². The zero-order valence-corrected chi connectivity index (χ0v) is 11.7. The smallest absolute Gasteiger partial charge is 0.307 e. The van der Waals surface area contributed by atoms with Gasteiger partial charge >= 0.3 is 5.97 Å². The number of ether oxygens (including phenoxy) is 2. The molecule has 104 valence electrons. The second-order valence-corrected chi connectivity index (χ2v) is 6.36. The molecule has 4 nitrogen and oxygen atoms in total. The normalized spacial score (nSPS) is 28.4. The van der Waals surface area contributed by atoms with Gasteiger partial charge in [0.05, 0.1) is 12.5 Å². The summed E-state index contributed by atoms with van der Waals surface area (Å²) in [5.41, 5.74) is -0.385. The van der Waals surface area contributed by atoms with E-state index in [0.717, 1.165) is 18.9 Å². The molecule has 1 heterocycles. The van der Waals surface area contributed by atoms with Crippen LogP contribution in [-0.2, 0) is 14.3 Å². The zero-order valence-electron chi connectivity index (χ0n) is 11.7. The van der Waals surface area contributed by atoms with Crippen LogP contribution in [0.25, 0.3) is 0 Å². The highest BCUT2D eigenvalue weighted by Gasteiger charge is 2.40. The highest BCUT2D eigenvalue weighted by molar-refractivity contribution is 5.70. The van der Waals surface area contributed by atoms with Crippen molar-refractivity contribution in [3.8, 4) is 0 Å². The van der Waals surface area contributed by atoms with Crippen LogP contribution in [0.2, 0.25) is 0 Å². The summed E-state index contributed by atoms with van der Waals surface area (Å²) in [6.45, 7) is 7.22. The molecule has 18 heavy (non-hydrogen) atoms. The van der Waals surface area contributed by atoms with Crippen LogP contribution in [0.5, 0.6) is 0 Å². The number of hydrogen-bond donors (Lipinski definition) is 1. The van der Waals surface area contributed by atoms with Gasteiger partial charge in [-0.1, -0.05) is 0 Å². The molecule has 1 N–H and O–H groups in total. The molecule has 1 aliphatic carbocycles. The highest BCUT2D eigenvalue weighted by Crippen LogP contribution is 2.38. The fraction of sp³-hybridized carbons (Fsp3) is 0.929. The van der Waals surface area contributed by atoms with Crippen molar-refractivity contribution < 1.29 is 14.3 Å². The lowest BCUT2D eigenvalue weighted by Gasteiger charge is -2.21. The van der Waals surface area contributed by atoms with E-state index >= 15 is 0 Å². The Kier molecular flexibility index (Phi) is 4.28. The van der Waals surface area contributed by atoms with Gasteiger partial charge in [-0.05, 0) is 46.0 Å². The Morgan fingerprint density at radius 2 is 2.06 bits per heavy atom. The summed E-state index contributed by atoms with van der Waals surface area (Å²) in [5.74, 6) is 0.628. The molecule has 4 heteroatoms. The van der Waals surface area contributed by atoms with Gasteiger partial charge in [0.2, 0.25) is 0 Å². The molecule has 2 aliphatic rings. The monoisotopic (exact) mass is 255 g/mol. The number of rotatable bonds is 5. The van der Waals surface area contributed by atoms with E-state index in [1.807, 2.05) is 20.8 Å². The van der Waals surface area contributed by atoms with Crippen molar-refractivity contribution in [2.24, 2.45) is 5.92 Å². The van der Waals surface area contributed by atoms with Gasteiger partial charge in [0, 0.05) is 19.2 Å². The minimum Gasteiger partial charge on any atom is -0.460 e. The quantitative estimate of drug-likeness (QED) is 0.762. The number of carbonyl (C=O) groups excluding carboxylic acids is 1. The van der Waals surface area contributed by atoms with Crippen LogP contribution >= 0.6 is 0 Å². The Bertz CT molecular complexity index is 294. The van der Waals surface area contributed by atoms with Crippen molar-refractivity contribution in [2.45, 2.75) is 64.2 Å². The van der Waals surface area contributed by atoms with Crippen LogP contribution in [0.1, 0.15) is 46.5 Å². The molecule has 0 spiro atoms. The first kappa shape index (κ1) is 13.8. The second kappa shape index (κ2) is 5.57. The van der Waals surface area contributed by atoms with E-state index in [0.29, 0.717) is 25.1 Å². The molecule has 1 saturated heterocycles. The first-order chi connectivity index (χ1) is 8.46. The molecule has 0 aromatic carbocycles. The molecule has 2 atom stereocenters. The van der Waals surface area contributed by atoms with Crippen LogP contribution in [-0.4, -0.2) is 36.9 Å². The first-order valence-electron chi connectivity index (χ1n) is 7.02. The molecule has 1 aliphatic heterocycles. The number of hydrogen-bond acceptors (Lipinski definition) is 4. The van der Waals surface area contributed by atoms with Crippen molar-refractivity contribution in [3.63, 3.8) is 0 Å². The predicted octanol–water partition coefficient (Wildman–Crippen LogP) is 1.88. The van der Waals surface area contributed by atoms with Crippen LogP contribution in [0.3, 0.4) is 0 Å². The van der Waals surface area contributed by atoms with Crippen molar-refractivity contribution in [3.05, 3.63) is 0 Å². The van der Waals surface area contributed by atoms with Crippen molar-refractivity contribution >= 4 is 5.97 Å². The van der Waals surface area contributed by atoms with E-state index in [1.165, 1.54) is 12.8 Å². The Morgan fingerprint density at radius 3 is 2.67 bits per heavy atom. The molecular weight excluding hydrogens is 230 g/mol. The second-order valence-electron chi connectivity index (χ2n) is 6.36. The predicted molar refractivity (Wildman–Crippen MR) is 69.3 cm³/mol. The molecule has 0 bridgehead atoms. The van der Waals surface area contributed by atoms with Crippen molar-refractivity contribution in [2.75, 3.05) is 13.2 Å². The first-order valence-corrected chi connectivity index (χ1v) is 7.02. The molecule has 2 unspecified atom stereocenters. The maximum atomic E-state index is 11.6. The topological polar surface area (TPSA) is 47.6 Å². The average molecular weight is 255 g/mol.